The van der Waals surface area contributed by atoms with Gasteiger partial charge in [-0.3, -0.25) is 15.1 Å². The van der Waals surface area contributed by atoms with Crippen LogP contribution in [0.25, 0.3) is 10.9 Å². The Balaban J connectivity index is 1.45. The van der Waals surface area contributed by atoms with Crippen molar-refractivity contribution >= 4 is 38.3 Å². The molecule has 1 aliphatic heterocycles. The first-order valence-electron chi connectivity index (χ1n) is 9.43. The van der Waals surface area contributed by atoms with Crippen molar-refractivity contribution in [1.82, 2.24) is 15.0 Å². The van der Waals surface area contributed by atoms with Crippen LogP contribution in [-0.4, -0.2) is 26.7 Å². The van der Waals surface area contributed by atoms with Crippen LogP contribution in [0.5, 0.6) is 23.1 Å². The minimum Gasteiger partial charge on any atom is -0.454 e. The lowest BCUT2D eigenvalue weighted by molar-refractivity contribution is -0.385. The third-order valence-corrected chi connectivity index (χ3v) is 5.45. The van der Waals surface area contributed by atoms with Gasteiger partial charge < -0.3 is 19.5 Å². The molecule has 0 saturated heterocycles. The monoisotopic (exact) mass is 495 g/mol. The number of aromatic nitrogens is 3. The van der Waals surface area contributed by atoms with Crippen LogP contribution in [0.4, 0.5) is 11.5 Å². The van der Waals surface area contributed by atoms with Crippen molar-refractivity contribution in [1.29, 1.82) is 0 Å². The predicted octanol–water partition coefficient (Wildman–Crippen LogP) is 4.83. The summed E-state index contributed by atoms with van der Waals surface area (Å²) in [5.74, 6) is 1.47. The molecular weight excluding hydrogens is 482 g/mol. The second kappa shape index (κ2) is 8.27. The van der Waals surface area contributed by atoms with Crippen LogP contribution in [0.15, 0.2) is 59.5 Å². The van der Waals surface area contributed by atoms with Crippen molar-refractivity contribution in [3.63, 3.8) is 0 Å². The zero-order chi connectivity index (χ0) is 22.1. The zero-order valence-electron chi connectivity index (χ0n) is 16.3. The van der Waals surface area contributed by atoms with E-state index in [2.05, 4.69) is 36.2 Å². The van der Waals surface area contributed by atoms with E-state index in [4.69, 9.17) is 14.2 Å². The van der Waals surface area contributed by atoms with Crippen molar-refractivity contribution in [3.8, 4) is 23.1 Å². The van der Waals surface area contributed by atoms with E-state index < -0.39 is 4.92 Å². The van der Waals surface area contributed by atoms with Gasteiger partial charge in [0, 0.05) is 22.6 Å². The summed E-state index contributed by atoms with van der Waals surface area (Å²) in [4.78, 5) is 23.7. The summed E-state index contributed by atoms with van der Waals surface area (Å²) in [5, 5.41) is 15.7. The van der Waals surface area contributed by atoms with E-state index in [9.17, 15) is 10.1 Å². The molecule has 0 bridgehead atoms. The number of nitro groups is 1. The number of pyridine rings is 1. The van der Waals surface area contributed by atoms with Crippen LogP contribution in [-0.2, 0) is 6.54 Å². The maximum Gasteiger partial charge on any atom is 0.373 e. The fourth-order valence-corrected chi connectivity index (χ4v) is 3.72. The SMILES string of the molecule is O=[N+]([O-])c1c(NCc2ccc3c(c2)OCO3)ncnc1Oc1ccc(Br)c2cccnc12. The molecule has 11 heteroatoms. The molecule has 0 unspecified atom stereocenters. The number of benzene rings is 2. The van der Waals surface area contributed by atoms with Gasteiger partial charge in [-0.15, -0.1) is 0 Å². The molecule has 1 N–H and O–H groups in total. The zero-order valence-corrected chi connectivity index (χ0v) is 17.9. The second-order valence-corrected chi connectivity index (χ2v) is 7.58. The highest BCUT2D eigenvalue weighted by molar-refractivity contribution is 9.10. The Morgan fingerprint density at radius 2 is 2.00 bits per heavy atom. The highest BCUT2D eigenvalue weighted by Crippen LogP contribution is 2.38. The van der Waals surface area contributed by atoms with Gasteiger partial charge in [0.2, 0.25) is 12.6 Å². The molecule has 0 fully saturated rings. The number of nitrogens with zero attached hydrogens (tertiary/aromatic N) is 4. The van der Waals surface area contributed by atoms with E-state index in [0.717, 1.165) is 15.4 Å². The normalized spacial score (nSPS) is 12.0. The Hall–Kier alpha value is -3.99. The Kier molecular flexibility index (Phi) is 5.15. The van der Waals surface area contributed by atoms with Crippen LogP contribution in [0.1, 0.15) is 5.56 Å². The van der Waals surface area contributed by atoms with E-state index in [0.29, 0.717) is 22.8 Å². The third-order valence-electron chi connectivity index (χ3n) is 4.75. The molecule has 0 aliphatic carbocycles. The largest absolute Gasteiger partial charge is 0.454 e. The standard InChI is InChI=1S/C21H14BrN5O5/c22-14-4-6-16(18-13(14)2-1-7-23-18)32-21-19(27(28)29)20(25-10-26-21)24-9-12-3-5-15-17(8-12)31-11-30-15/h1-8,10H,9,11H2,(H,24,25,26). The van der Waals surface area contributed by atoms with Gasteiger partial charge in [0.1, 0.15) is 11.8 Å². The first-order chi connectivity index (χ1) is 15.6. The Morgan fingerprint density at radius 1 is 1.12 bits per heavy atom. The van der Waals surface area contributed by atoms with Crippen LogP contribution in [0.3, 0.4) is 0 Å². The van der Waals surface area contributed by atoms with Gasteiger partial charge in [-0.05, 0) is 35.9 Å². The number of hydrogen-bond acceptors (Lipinski definition) is 9. The number of fused-ring (bicyclic) bond motifs is 2. The molecular formula is C21H14BrN5O5. The van der Waals surface area contributed by atoms with E-state index in [-0.39, 0.29) is 30.7 Å². The van der Waals surface area contributed by atoms with Crippen molar-refractivity contribution in [2.75, 3.05) is 12.1 Å². The molecule has 0 radical (unpaired) electrons. The maximum absolute atomic E-state index is 11.9. The Morgan fingerprint density at radius 3 is 2.88 bits per heavy atom. The Labute approximate surface area is 189 Å². The van der Waals surface area contributed by atoms with E-state index in [1.54, 1.807) is 36.5 Å². The highest BCUT2D eigenvalue weighted by atomic mass is 79.9. The molecule has 2 aromatic heterocycles. The lowest BCUT2D eigenvalue weighted by Gasteiger charge is -2.11. The molecule has 0 atom stereocenters. The van der Waals surface area contributed by atoms with Gasteiger partial charge in [-0.25, -0.2) is 4.98 Å². The second-order valence-electron chi connectivity index (χ2n) is 6.72. The van der Waals surface area contributed by atoms with Gasteiger partial charge >= 0.3 is 11.6 Å². The van der Waals surface area contributed by atoms with Crippen molar-refractivity contribution < 1.29 is 19.1 Å². The van der Waals surface area contributed by atoms with E-state index in [1.165, 1.54) is 6.33 Å². The molecule has 160 valence electrons. The summed E-state index contributed by atoms with van der Waals surface area (Å²) >= 11 is 3.47. The van der Waals surface area contributed by atoms with Crippen molar-refractivity contribution in [3.05, 3.63) is 75.1 Å². The smallest absolute Gasteiger partial charge is 0.373 e. The highest BCUT2D eigenvalue weighted by Gasteiger charge is 2.26. The summed E-state index contributed by atoms with van der Waals surface area (Å²) in [6.45, 7) is 0.445. The number of anilines is 1. The van der Waals surface area contributed by atoms with Gasteiger partial charge in [0.15, 0.2) is 17.2 Å². The van der Waals surface area contributed by atoms with E-state index >= 15 is 0 Å². The first-order valence-corrected chi connectivity index (χ1v) is 10.2. The summed E-state index contributed by atoms with van der Waals surface area (Å²) in [6, 6.07) is 12.5. The predicted molar refractivity (Wildman–Crippen MR) is 118 cm³/mol. The summed E-state index contributed by atoms with van der Waals surface area (Å²) in [5.41, 5.74) is 1.01. The summed E-state index contributed by atoms with van der Waals surface area (Å²) in [7, 11) is 0. The third kappa shape index (κ3) is 3.73. The number of nitrogens with one attached hydrogen (secondary N) is 1. The summed E-state index contributed by atoms with van der Waals surface area (Å²) in [6.07, 6.45) is 2.83. The molecule has 32 heavy (non-hydrogen) atoms. The Bertz CT molecular complexity index is 1350. The maximum atomic E-state index is 11.9. The average Bonchev–Trinajstić information content (AvgIpc) is 3.27. The lowest BCUT2D eigenvalue weighted by atomic mass is 10.2. The van der Waals surface area contributed by atoms with E-state index in [1.807, 2.05) is 12.1 Å². The molecule has 4 aromatic rings. The molecule has 10 nitrogen and oxygen atoms in total. The van der Waals surface area contributed by atoms with Crippen LogP contribution in [0.2, 0.25) is 0 Å². The molecule has 3 heterocycles. The molecule has 0 spiro atoms. The van der Waals surface area contributed by atoms with Crippen molar-refractivity contribution in [2.24, 2.45) is 0 Å². The number of hydrogen-bond donors (Lipinski definition) is 1. The van der Waals surface area contributed by atoms with Crippen LogP contribution >= 0.6 is 15.9 Å². The van der Waals surface area contributed by atoms with Crippen LogP contribution in [0, 0.1) is 10.1 Å². The lowest BCUT2D eigenvalue weighted by Crippen LogP contribution is -2.07. The quantitative estimate of drug-likeness (QED) is 0.296. The average molecular weight is 496 g/mol. The minimum atomic E-state index is -0.578. The fourth-order valence-electron chi connectivity index (χ4n) is 3.27. The molecule has 0 amide bonds. The topological polar surface area (TPSA) is 122 Å². The number of rotatable bonds is 6. The number of ether oxygens (including phenoxy) is 3. The molecule has 1 aliphatic rings. The number of halogens is 1. The molecule has 0 saturated carbocycles. The molecule has 5 rings (SSSR count). The van der Waals surface area contributed by atoms with Crippen LogP contribution < -0.4 is 19.5 Å². The first kappa shape index (κ1) is 19.9. The van der Waals surface area contributed by atoms with Crippen molar-refractivity contribution in [2.45, 2.75) is 6.54 Å². The fraction of sp³-hybridized carbons (Fsp3) is 0.0952. The minimum absolute atomic E-state index is 0.0343. The van der Waals surface area contributed by atoms with Gasteiger partial charge in [0.05, 0.1) is 4.92 Å². The molecule has 2 aromatic carbocycles. The van der Waals surface area contributed by atoms with Gasteiger partial charge in [0.25, 0.3) is 0 Å². The summed E-state index contributed by atoms with van der Waals surface area (Å²) < 4.78 is 17.3. The van der Waals surface area contributed by atoms with Gasteiger partial charge in [-0.2, -0.15) is 4.98 Å². The van der Waals surface area contributed by atoms with Gasteiger partial charge in [-0.1, -0.05) is 28.1 Å².